The van der Waals surface area contributed by atoms with Crippen LogP contribution in [0.25, 0.3) is 0 Å². The Morgan fingerprint density at radius 2 is 2.24 bits per heavy atom. The molecule has 0 saturated carbocycles. The van der Waals surface area contributed by atoms with E-state index < -0.39 is 11.0 Å². The molecule has 0 aliphatic carbocycles. The third-order valence-electron chi connectivity index (χ3n) is 1.99. The van der Waals surface area contributed by atoms with E-state index in [1.165, 1.54) is 0 Å². The molecule has 0 fully saturated rings. The molecule has 0 bridgehead atoms. The summed E-state index contributed by atoms with van der Waals surface area (Å²) in [6, 6.07) is 0. The number of nitrogens with zero attached hydrogens (tertiary/aromatic N) is 3. The molecule has 0 aromatic carbocycles. The van der Waals surface area contributed by atoms with Crippen molar-refractivity contribution in [3.63, 3.8) is 0 Å². The zero-order chi connectivity index (χ0) is 12.8. The summed E-state index contributed by atoms with van der Waals surface area (Å²) < 4.78 is 16.7. The van der Waals surface area contributed by atoms with E-state index in [1.54, 1.807) is 12.4 Å². The predicted molar refractivity (Wildman–Crippen MR) is 74.5 cm³/mol. The molecule has 0 amide bonds. The minimum absolute atomic E-state index is 0.0157. The van der Waals surface area contributed by atoms with Crippen LogP contribution in [0.15, 0.2) is 21.4 Å². The maximum Gasteiger partial charge on any atom is 0.142 e. The maximum atomic E-state index is 11.8. The van der Waals surface area contributed by atoms with Crippen molar-refractivity contribution in [3.05, 3.63) is 22.7 Å². The van der Waals surface area contributed by atoms with Crippen molar-refractivity contribution >= 4 is 32.6 Å². The van der Waals surface area contributed by atoms with Crippen molar-refractivity contribution in [1.82, 2.24) is 9.97 Å². The summed E-state index contributed by atoms with van der Waals surface area (Å²) in [4.78, 5) is 8.34. The van der Waals surface area contributed by atoms with Gasteiger partial charge < -0.3 is 0 Å². The average Bonchev–Trinajstić information content (AvgIpc) is 2.28. The molecule has 1 aromatic heterocycles. The van der Waals surface area contributed by atoms with Gasteiger partial charge in [-0.2, -0.15) is 4.40 Å². The van der Waals surface area contributed by atoms with E-state index in [2.05, 4.69) is 37.2 Å². The SMILES string of the molecule is CCCC(=N[S@@](=O)C(C)C)c1cncc(Br)n1. The first-order valence-corrected chi connectivity index (χ1v) is 7.47. The zero-order valence-corrected chi connectivity index (χ0v) is 12.6. The quantitative estimate of drug-likeness (QED) is 0.785. The molecule has 0 aliphatic heterocycles. The fraction of sp³-hybridized carbons (Fsp3) is 0.545. The van der Waals surface area contributed by atoms with Gasteiger partial charge in [-0.05, 0) is 36.2 Å². The fourth-order valence-corrected chi connectivity index (χ4v) is 2.07. The Bertz CT molecular complexity index is 434. The molecule has 0 N–H and O–H groups in total. The monoisotopic (exact) mass is 317 g/mol. The minimum atomic E-state index is -1.21. The van der Waals surface area contributed by atoms with Crippen molar-refractivity contribution in [2.75, 3.05) is 0 Å². The van der Waals surface area contributed by atoms with Crippen LogP contribution in [0.4, 0.5) is 0 Å². The zero-order valence-electron chi connectivity index (χ0n) is 10.2. The molecular weight excluding hydrogens is 302 g/mol. The fourth-order valence-electron chi connectivity index (χ4n) is 1.15. The molecule has 4 nitrogen and oxygen atoms in total. The lowest BCUT2D eigenvalue weighted by atomic mass is 10.2. The van der Waals surface area contributed by atoms with Gasteiger partial charge in [0.2, 0.25) is 0 Å². The summed E-state index contributed by atoms with van der Waals surface area (Å²) in [6.45, 7) is 5.82. The number of hydrogen-bond acceptors (Lipinski definition) is 3. The summed E-state index contributed by atoms with van der Waals surface area (Å²) in [5.74, 6) is 0. The van der Waals surface area contributed by atoms with Crippen LogP contribution in [0.3, 0.4) is 0 Å². The Morgan fingerprint density at radius 3 is 2.76 bits per heavy atom. The first-order valence-electron chi connectivity index (χ1n) is 5.50. The molecule has 17 heavy (non-hydrogen) atoms. The highest BCUT2D eigenvalue weighted by molar-refractivity contribution is 9.10. The number of rotatable bonds is 5. The molecule has 0 unspecified atom stereocenters. The van der Waals surface area contributed by atoms with Crippen LogP contribution < -0.4 is 0 Å². The maximum absolute atomic E-state index is 11.8. The van der Waals surface area contributed by atoms with Crippen molar-refractivity contribution in [3.8, 4) is 0 Å². The van der Waals surface area contributed by atoms with Crippen LogP contribution >= 0.6 is 15.9 Å². The van der Waals surface area contributed by atoms with Gasteiger partial charge >= 0.3 is 0 Å². The van der Waals surface area contributed by atoms with Crippen LogP contribution in [0, 0.1) is 0 Å². The molecule has 94 valence electrons. The Kier molecular flexibility index (Phi) is 5.91. The third-order valence-corrected chi connectivity index (χ3v) is 3.58. The van der Waals surface area contributed by atoms with Gasteiger partial charge in [-0.25, -0.2) is 9.19 Å². The van der Waals surface area contributed by atoms with E-state index in [0.717, 1.165) is 18.6 Å². The van der Waals surface area contributed by atoms with Gasteiger partial charge in [0.25, 0.3) is 0 Å². The summed E-state index contributed by atoms with van der Waals surface area (Å²) in [6.07, 6.45) is 4.95. The van der Waals surface area contributed by atoms with Crippen molar-refractivity contribution in [2.24, 2.45) is 4.40 Å². The number of halogens is 1. The molecule has 0 saturated heterocycles. The van der Waals surface area contributed by atoms with Gasteiger partial charge in [0.15, 0.2) is 0 Å². The highest BCUT2D eigenvalue weighted by Crippen LogP contribution is 2.10. The summed E-state index contributed by atoms with van der Waals surface area (Å²) in [5.41, 5.74) is 1.45. The third kappa shape index (κ3) is 4.63. The average molecular weight is 318 g/mol. The highest BCUT2D eigenvalue weighted by atomic mass is 79.9. The van der Waals surface area contributed by atoms with Crippen molar-refractivity contribution < 1.29 is 4.21 Å². The molecule has 1 aromatic rings. The Morgan fingerprint density at radius 1 is 1.53 bits per heavy atom. The standard InChI is InChI=1S/C11H16BrN3OS/c1-4-5-9(15-17(16)8(2)3)10-6-13-7-11(12)14-10/h6-8H,4-5H2,1-3H3/t17-/m0/s1. The van der Waals surface area contributed by atoms with Crippen LogP contribution in [0.1, 0.15) is 39.3 Å². The second-order valence-corrected chi connectivity index (χ2v) is 6.33. The van der Waals surface area contributed by atoms with Gasteiger partial charge in [-0.1, -0.05) is 13.3 Å². The van der Waals surface area contributed by atoms with Crippen molar-refractivity contribution in [1.29, 1.82) is 0 Å². The highest BCUT2D eigenvalue weighted by Gasteiger charge is 2.10. The normalized spacial score (nSPS) is 14.1. The summed E-state index contributed by atoms with van der Waals surface area (Å²) in [5, 5.41) is 0.0157. The second kappa shape index (κ2) is 6.96. The minimum Gasteiger partial charge on any atom is -0.260 e. The molecule has 0 aliphatic rings. The number of hydrogen-bond donors (Lipinski definition) is 0. The Balaban J connectivity index is 3.04. The lowest BCUT2D eigenvalue weighted by Crippen LogP contribution is -2.10. The smallest absolute Gasteiger partial charge is 0.142 e. The van der Waals surface area contributed by atoms with Gasteiger partial charge in [0, 0.05) is 0 Å². The molecule has 6 heteroatoms. The van der Waals surface area contributed by atoms with Crippen LogP contribution in [-0.4, -0.2) is 25.1 Å². The predicted octanol–water partition coefficient (Wildman–Crippen LogP) is 2.90. The Labute approximate surface area is 113 Å². The van der Waals surface area contributed by atoms with Gasteiger partial charge in [0.1, 0.15) is 21.3 Å². The van der Waals surface area contributed by atoms with E-state index in [0.29, 0.717) is 10.3 Å². The Hall–Kier alpha value is -0.620. The van der Waals surface area contributed by atoms with Crippen LogP contribution in [0.5, 0.6) is 0 Å². The van der Waals surface area contributed by atoms with E-state index in [9.17, 15) is 4.21 Å². The second-order valence-electron chi connectivity index (χ2n) is 3.84. The topological polar surface area (TPSA) is 55.2 Å². The van der Waals surface area contributed by atoms with Crippen molar-refractivity contribution in [2.45, 2.75) is 38.9 Å². The molecule has 0 spiro atoms. The first-order chi connectivity index (χ1) is 8.04. The van der Waals surface area contributed by atoms with E-state index in [4.69, 9.17) is 0 Å². The summed E-state index contributed by atoms with van der Waals surface area (Å²) >= 11 is 3.27. The van der Waals surface area contributed by atoms with Crippen LogP contribution in [-0.2, 0) is 11.0 Å². The molecule has 1 rings (SSSR count). The lowest BCUT2D eigenvalue weighted by molar-refractivity contribution is 0.678. The van der Waals surface area contributed by atoms with E-state index in [1.807, 2.05) is 13.8 Å². The van der Waals surface area contributed by atoms with Crippen LogP contribution in [0.2, 0.25) is 0 Å². The van der Waals surface area contributed by atoms with Gasteiger partial charge in [-0.3, -0.25) is 4.98 Å². The summed E-state index contributed by atoms with van der Waals surface area (Å²) in [7, 11) is -1.21. The largest absolute Gasteiger partial charge is 0.260 e. The first kappa shape index (κ1) is 14.4. The molecular formula is C11H16BrN3OS. The molecule has 1 heterocycles. The molecule has 0 radical (unpaired) electrons. The van der Waals surface area contributed by atoms with Gasteiger partial charge in [0.05, 0.1) is 23.4 Å². The number of aromatic nitrogens is 2. The van der Waals surface area contributed by atoms with E-state index >= 15 is 0 Å². The van der Waals surface area contributed by atoms with E-state index in [-0.39, 0.29) is 5.25 Å². The molecule has 1 atom stereocenters. The lowest BCUT2D eigenvalue weighted by Gasteiger charge is -2.06. The van der Waals surface area contributed by atoms with Gasteiger partial charge in [-0.15, -0.1) is 0 Å².